The lowest BCUT2D eigenvalue weighted by atomic mass is 10.1. The first-order valence-corrected chi connectivity index (χ1v) is 8.77. The molecule has 1 unspecified atom stereocenters. The van der Waals surface area contributed by atoms with Crippen molar-refractivity contribution in [3.05, 3.63) is 23.8 Å². The summed E-state index contributed by atoms with van der Waals surface area (Å²) in [5.74, 6) is -0.0299. The van der Waals surface area contributed by atoms with Crippen LogP contribution in [0.4, 0.5) is 16.2 Å². The van der Waals surface area contributed by atoms with Crippen molar-refractivity contribution in [3.63, 3.8) is 0 Å². The van der Waals surface area contributed by atoms with Crippen LogP contribution >= 0.6 is 0 Å². The van der Waals surface area contributed by atoms with Crippen molar-refractivity contribution in [1.29, 1.82) is 0 Å². The number of hydrogen-bond donors (Lipinski definition) is 2. The number of fused-ring (bicyclic) bond motifs is 1. The number of nitrogens with zero attached hydrogens (tertiary/aromatic N) is 2. The SMILES string of the molecule is CCN1CCCC(NC(=O)Nc2cccc3c2CCN3C(C)=O)C1=O. The molecule has 1 fully saturated rings. The highest BCUT2D eigenvalue weighted by Gasteiger charge is 2.29. The summed E-state index contributed by atoms with van der Waals surface area (Å²) < 4.78 is 0. The number of carbonyl (C=O) groups is 3. The van der Waals surface area contributed by atoms with Crippen molar-refractivity contribution in [2.45, 2.75) is 39.2 Å². The van der Waals surface area contributed by atoms with Crippen LogP contribution in [0.2, 0.25) is 0 Å². The van der Waals surface area contributed by atoms with Gasteiger partial charge >= 0.3 is 6.03 Å². The summed E-state index contributed by atoms with van der Waals surface area (Å²) in [7, 11) is 0. The topological polar surface area (TPSA) is 81.8 Å². The highest BCUT2D eigenvalue weighted by atomic mass is 16.2. The Bertz CT molecular complexity index is 704. The molecule has 2 aliphatic rings. The Balaban J connectivity index is 1.68. The number of benzene rings is 1. The van der Waals surface area contributed by atoms with Crippen molar-refractivity contribution in [2.75, 3.05) is 29.9 Å². The number of rotatable bonds is 3. The monoisotopic (exact) mass is 344 g/mol. The van der Waals surface area contributed by atoms with Gasteiger partial charge in [-0.15, -0.1) is 0 Å². The normalized spacial score (nSPS) is 19.6. The molecule has 2 aliphatic heterocycles. The largest absolute Gasteiger partial charge is 0.341 e. The Hall–Kier alpha value is -2.57. The predicted octanol–water partition coefficient (Wildman–Crippen LogP) is 1.73. The second-order valence-corrected chi connectivity index (χ2v) is 6.44. The molecule has 7 heteroatoms. The summed E-state index contributed by atoms with van der Waals surface area (Å²) in [5.41, 5.74) is 2.49. The molecular weight excluding hydrogens is 320 g/mol. The lowest BCUT2D eigenvalue weighted by Gasteiger charge is -2.31. The van der Waals surface area contributed by atoms with Gasteiger partial charge in [0.1, 0.15) is 6.04 Å². The zero-order valence-corrected chi connectivity index (χ0v) is 14.7. The van der Waals surface area contributed by atoms with E-state index in [-0.39, 0.29) is 17.8 Å². The van der Waals surface area contributed by atoms with Crippen molar-refractivity contribution < 1.29 is 14.4 Å². The van der Waals surface area contributed by atoms with Crippen molar-refractivity contribution >= 4 is 29.2 Å². The van der Waals surface area contributed by atoms with Crippen LogP contribution in [0, 0.1) is 0 Å². The van der Waals surface area contributed by atoms with Gasteiger partial charge in [0.2, 0.25) is 11.8 Å². The fraction of sp³-hybridized carbons (Fsp3) is 0.500. The average molecular weight is 344 g/mol. The standard InChI is InChI=1S/C18H24N4O3/c1-3-21-10-5-7-15(17(21)24)20-18(25)19-14-6-4-8-16-13(14)9-11-22(16)12(2)23/h4,6,8,15H,3,5,7,9-11H2,1-2H3,(H2,19,20,25). The molecule has 0 saturated carbocycles. The maximum absolute atomic E-state index is 12.4. The fourth-order valence-corrected chi connectivity index (χ4v) is 3.58. The van der Waals surface area contributed by atoms with Gasteiger partial charge in [0, 0.05) is 43.5 Å². The van der Waals surface area contributed by atoms with Crippen LogP contribution in [-0.2, 0) is 16.0 Å². The van der Waals surface area contributed by atoms with E-state index in [1.165, 1.54) is 6.92 Å². The van der Waals surface area contributed by atoms with E-state index in [1.807, 2.05) is 25.1 Å². The Morgan fingerprint density at radius 1 is 1.28 bits per heavy atom. The average Bonchev–Trinajstić information content (AvgIpc) is 3.02. The van der Waals surface area contributed by atoms with Gasteiger partial charge in [-0.05, 0) is 38.3 Å². The minimum Gasteiger partial charge on any atom is -0.341 e. The highest BCUT2D eigenvalue weighted by Crippen LogP contribution is 2.33. The predicted molar refractivity (Wildman–Crippen MR) is 95.6 cm³/mol. The van der Waals surface area contributed by atoms with E-state index < -0.39 is 6.04 Å². The minimum atomic E-state index is -0.473. The Morgan fingerprint density at radius 3 is 2.80 bits per heavy atom. The van der Waals surface area contributed by atoms with Crippen LogP contribution in [-0.4, -0.2) is 48.4 Å². The third kappa shape index (κ3) is 3.45. The van der Waals surface area contributed by atoms with Gasteiger partial charge < -0.3 is 20.4 Å². The van der Waals surface area contributed by atoms with Crippen LogP contribution < -0.4 is 15.5 Å². The van der Waals surface area contributed by atoms with Crippen molar-refractivity contribution in [2.24, 2.45) is 0 Å². The molecule has 0 radical (unpaired) electrons. The molecule has 0 aromatic heterocycles. The van der Waals surface area contributed by atoms with Gasteiger partial charge in [0.05, 0.1) is 0 Å². The molecule has 1 saturated heterocycles. The molecular formula is C18H24N4O3. The number of likely N-dealkylation sites (tertiary alicyclic amines) is 1. The van der Waals surface area contributed by atoms with Crippen LogP contribution in [0.5, 0.6) is 0 Å². The molecule has 25 heavy (non-hydrogen) atoms. The van der Waals surface area contributed by atoms with Gasteiger partial charge in [-0.2, -0.15) is 0 Å². The maximum atomic E-state index is 12.4. The molecule has 2 N–H and O–H groups in total. The minimum absolute atomic E-state index is 0.00666. The first kappa shape index (κ1) is 17.3. The molecule has 3 rings (SSSR count). The van der Waals surface area contributed by atoms with Gasteiger partial charge in [-0.3, -0.25) is 9.59 Å². The Morgan fingerprint density at radius 2 is 2.08 bits per heavy atom. The number of urea groups is 1. The zero-order chi connectivity index (χ0) is 18.0. The summed E-state index contributed by atoms with van der Waals surface area (Å²) in [6.07, 6.45) is 2.25. The molecule has 0 aliphatic carbocycles. The molecule has 134 valence electrons. The van der Waals surface area contributed by atoms with E-state index in [4.69, 9.17) is 0 Å². The molecule has 1 atom stereocenters. The highest BCUT2D eigenvalue weighted by molar-refractivity contribution is 5.98. The van der Waals surface area contributed by atoms with Crippen molar-refractivity contribution in [3.8, 4) is 0 Å². The van der Waals surface area contributed by atoms with Crippen molar-refractivity contribution in [1.82, 2.24) is 10.2 Å². The number of likely N-dealkylation sites (N-methyl/N-ethyl adjacent to an activating group) is 1. The molecule has 0 spiro atoms. The Kier molecular flexibility index (Phi) is 4.92. The number of amides is 4. The summed E-state index contributed by atoms with van der Waals surface area (Å²) in [6.45, 7) is 5.51. The van der Waals surface area contributed by atoms with Crippen LogP contribution in [0.3, 0.4) is 0 Å². The second-order valence-electron chi connectivity index (χ2n) is 6.44. The number of hydrogen-bond acceptors (Lipinski definition) is 3. The molecule has 7 nitrogen and oxygen atoms in total. The van der Waals surface area contributed by atoms with E-state index in [1.54, 1.807) is 9.80 Å². The van der Waals surface area contributed by atoms with Gasteiger partial charge in [0.25, 0.3) is 0 Å². The van der Waals surface area contributed by atoms with Crippen LogP contribution in [0.1, 0.15) is 32.3 Å². The van der Waals surface area contributed by atoms with E-state index in [0.29, 0.717) is 31.6 Å². The summed E-state index contributed by atoms with van der Waals surface area (Å²) >= 11 is 0. The molecule has 1 aromatic rings. The molecule has 4 amide bonds. The smallest absolute Gasteiger partial charge is 0.319 e. The molecule has 0 bridgehead atoms. The maximum Gasteiger partial charge on any atom is 0.319 e. The molecule has 1 aromatic carbocycles. The fourth-order valence-electron chi connectivity index (χ4n) is 3.58. The van der Waals surface area contributed by atoms with E-state index >= 15 is 0 Å². The lowest BCUT2D eigenvalue weighted by molar-refractivity contribution is -0.135. The summed E-state index contributed by atoms with van der Waals surface area (Å²) in [6, 6.07) is 4.67. The third-order valence-electron chi connectivity index (χ3n) is 4.87. The number of carbonyl (C=O) groups excluding carboxylic acids is 3. The summed E-state index contributed by atoms with van der Waals surface area (Å²) in [4.78, 5) is 39.8. The number of nitrogens with one attached hydrogen (secondary N) is 2. The van der Waals surface area contributed by atoms with E-state index in [2.05, 4.69) is 10.6 Å². The van der Waals surface area contributed by atoms with Crippen LogP contribution in [0.25, 0.3) is 0 Å². The van der Waals surface area contributed by atoms with Crippen LogP contribution in [0.15, 0.2) is 18.2 Å². The zero-order valence-electron chi connectivity index (χ0n) is 14.7. The quantitative estimate of drug-likeness (QED) is 0.876. The summed E-state index contributed by atoms with van der Waals surface area (Å²) in [5, 5.41) is 5.63. The van der Waals surface area contributed by atoms with E-state index in [9.17, 15) is 14.4 Å². The molecule has 2 heterocycles. The third-order valence-corrected chi connectivity index (χ3v) is 4.87. The van der Waals surface area contributed by atoms with Gasteiger partial charge in [-0.25, -0.2) is 4.79 Å². The van der Waals surface area contributed by atoms with Gasteiger partial charge in [-0.1, -0.05) is 6.07 Å². The van der Waals surface area contributed by atoms with E-state index in [0.717, 1.165) is 24.2 Å². The van der Waals surface area contributed by atoms with Gasteiger partial charge in [0.15, 0.2) is 0 Å². The lowest BCUT2D eigenvalue weighted by Crippen LogP contribution is -2.53. The first-order chi connectivity index (χ1) is 12.0. The first-order valence-electron chi connectivity index (χ1n) is 8.77. The Labute approximate surface area is 147 Å². The number of piperidine rings is 1. The number of anilines is 2. The second kappa shape index (κ2) is 7.13.